The van der Waals surface area contributed by atoms with Crippen molar-refractivity contribution in [3.05, 3.63) is 39.2 Å². The third-order valence-corrected chi connectivity index (χ3v) is 2.41. The van der Waals surface area contributed by atoms with E-state index in [-0.39, 0.29) is 16.7 Å². The summed E-state index contributed by atoms with van der Waals surface area (Å²) in [5.74, 6) is -1.54. The third-order valence-electron chi connectivity index (χ3n) is 2.19. The largest absolute Gasteiger partial charge is 0.493 e. The molecule has 1 N–H and O–H groups in total. The highest BCUT2D eigenvalue weighted by Gasteiger charge is 2.14. The molecule has 0 spiro atoms. The molecule has 0 fully saturated rings. The molecule has 1 aromatic heterocycles. The van der Waals surface area contributed by atoms with Gasteiger partial charge in [-0.2, -0.15) is 0 Å². The van der Waals surface area contributed by atoms with E-state index in [2.05, 4.69) is 0 Å². The van der Waals surface area contributed by atoms with E-state index in [0.717, 1.165) is 6.07 Å². The second-order valence-electron chi connectivity index (χ2n) is 3.26. The molecule has 0 aliphatic heterocycles. The van der Waals surface area contributed by atoms with Crippen LogP contribution in [0, 0.1) is 0 Å². The summed E-state index contributed by atoms with van der Waals surface area (Å²) in [5, 5.41) is 9.28. The first-order valence-electron chi connectivity index (χ1n) is 4.57. The van der Waals surface area contributed by atoms with Gasteiger partial charge in [-0.15, -0.1) is 0 Å². The molecule has 0 saturated heterocycles. The van der Waals surface area contributed by atoms with Crippen LogP contribution in [0.25, 0.3) is 11.0 Å². The third kappa shape index (κ3) is 1.97. The SMILES string of the molecule is COc1cc(Cl)cc2c(=O)cc(C(=O)O)oc12. The molecule has 5 nitrogen and oxygen atoms in total. The van der Waals surface area contributed by atoms with Crippen molar-refractivity contribution >= 4 is 28.5 Å². The second-order valence-corrected chi connectivity index (χ2v) is 3.70. The maximum Gasteiger partial charge on any atom is 0.371 e. The van der Waals surface area contributed by atoms with Gasteiger partial charge >= 0.3 is 5.97 Å². The van der Waals surface area contributed by atoms with Gasteiger partial charge in [-0.05, 0) is 6.07 Å². The second kappa shape index (κ2) is 4.10. The lowest BCUT2D eigenvalue weighted by molar-refractivity contribution is 0.0663. The van der Waals surface area contributed by atoms with E-state index in [1.807, 2.05) is 0 Å². The fourth-order valence-electron chi connectivity index (χ4n) is 1.45. The van der Waals surface area contributed by atoms with Crippen molar-refractivity contribution in [1.29, 1.82) is 0 Å². The van der Waals surface area contributed by atoms with E-state index in [0.29, 0.717) is 5.02 Å². The molecular formula is C11H7ClO5. The molecule has 0 atom stereocenters. The summed E-state index contributed by atoms with van der Waals surface area (Å²) in [7, 11) is 1.37. The molecular weight excluding hydrogens is 248 g/mol. The summed E-state index contributed by atoms with van der Waals surface area (Å²) in [5.41, 5.74) is -0.411. The van der Waals surface area contributed by atoms with Gasteiger partial charge in [-0.25, -0.2) is 4.79 Å². The molecule has 0 unspecified atom stereocenters. The van der Waals surface area contributed by atoms with Gasteiger partial charge in [-0.1, -0.05) is 11.6 Å². The van der Waals surface area contributed by atoms with Crippen LogP contribution >= 0.6 is 11.6 Å². The molecule has 1 aromatic carbocycles. The first kappa shape index (κ1) is 11.5. The molecule has 88 valence electrons. The van der Waals surface area contributed by atoms with Gasteiger partial charge in [0.15, 0.2) is 16.8 Å². The predicted molar refractivity (Wildman–Crippen MR) is 61.0 cm³/mol. The molecule has 2 rings (SSSR count). The summed E-state index contributed by atoms with van der Waals surface area (Å²) < 4.78 is 10.1. The van der Waals surface area contributed by atoms with Crippen LogP contribution in [-0.2, 0) is 0 Å². The van der Waals surface area contributed by atoms with E-state index in [9.17, 15) is 9.59 Å². The summed E-state index contributed by atoms with van der Waals surface area (Å²) in [4.78, 5) is 22.5. The van der Waals surface area contributed by atoms with E-state index in [1.165, 1.54) is 19.2 Å². The van der Waals surface area contributed by atoms with Crippen LogP contribution < -0.4 is 10.2 Å². The van der Waals surface area contributed by atoms with Gasteiger partial charge in [0.2, 0.25) is 5.76 Å². The number of ether oxygens (including phenoxy) is 1. The van der Waals surface area contributed by atoms with E-state index >= 15 is 0 Å². The zero-order valence-electron chi connectivity index (χ0n) is 8.69. The highest BCUT2D eigenvalue weighted by molar-refractivity contribution is 6.31. The summed E-state index contributed by atoms with van der Waals surface area (Å²) >= 11 is 5.80. The standard InChI is InChI=1S/C11H7ClO5/c1-16-8-3-5(12)2-6-7(13)4-9(11(14)15)17-10(6)8/h2-4H,1H3,(H,14,15). The lowest BCUT2D eigenvalue weighted by Crippen LogP contribution is -2.07. The smallest absolute Gasteiger partial charge is 0.371 e. The number of hydrogen-bond donors (Lipinski definition) is 1. The van der Waals surface area contributed by atoms with Crippen LogP contribution in [0.2, 0.25) is 5.02 Å². The zero-order valence-corrected chi connectivity index (χ0v) is 9.45. The van der Waals surface area contributed by atoms with Crippen molar-refractivity contribution in [2.45, 2.75) is 0 Å². The monoisotopic (exact) mass is 254 g/mol. The number of rotatable bonds is 2. The van der Waals surface area contributed by atoms with Crippen LogP contribution in [0.15, 0.2) is 27.4 Å². The van der Waals surface area contributed by atoms with Crippen LogP contribution in [-0.4, -0.2) is 18.2 Å². The Morgan fingerprint density at radius 1 is 1.41 bits per heavy atom. The minimum absolute atomic E-state index is 0.0711. The van der Waals surface area contributed by atoms with Gasteiger partial charge in [0, 0.05) is 17.2 Å². The maximum absolute atomic E-state index is 11.7. The van der Waals surface area contributed by atoms with Crippen molar-refractivity contribution in [3.8, 4) is 5.75 Å². The lowest BCUT2D eigenvalue weighted by Gasteiger charge is -2.05. The molecule has 0 aliphatic rings. The van der Waals surface area contributed by atoms with Crippen molar-refractivity contribution in [1.82, 2.24) is 0 Å². The van der Waals surface area contributed by atoms with Crippen molar-refractivity contribution < 1.29 is 19.1 Å². The zero-order chi connectivity index (χ0) is 12.6. The van der Waals surface area contributed by atoms with Crippen molar-refractivity contribution in [3.63, 3.8) is 0 Å². The van der Waals surface area contributed by atoms with Gasteiger partial charge in [0.05, 0.1) is 12.5 Å². The molecule has 0 bridgehead atoms. The molecule has 0 amide bonds. The van der Waals surface area contributed by atoms with Gasteiger partial charge < -0.3 is 14.3 Å². The lowest BCUT2D eigenvalue weighted by atomic mass is 10.2. The quantitative estimate of drug-likeness (QED) is 0.889. The Bertz CT molecular complexity index is 659. The number of carboxylic acids is 1. The van der Waals surface area contributed by atoms with Crippen molar-refractivity contribution in [2.75, 3.05) is 7.11 Å². The van der Waals surface area contributed by atoms with Crippen LogP contribution in [0.4, 0.5) is 0 Å². The van der Waals surface area contributed by atoms with Crippen molar-refractivity contribution in [2.24, 2.45) is 0 Å². The molecule has 6 heteroatoms. The Morgan fingerprint density at radius 3 is 2.71 bits per heavy atom. The number of carbonyl (C=O) groups is 1. The highest BCUT2D eigenvalue weighted by Crippen LogP contribution is 2.28. The highest BCUT2D eigenvalue weighted by atomic mass is 35.5. The average Bonchev–Trinajstić information content (AvgIpc) is 2.28. The van der Waals surface area contributed by atoms with Gasteiger partial charge in [-0.3, -0.25) is 4.79 Å². The first-order chi connectivity index (χ1) is 8.02. The van der Waals surface area contributed by atoms with E-state index < -0.39 is 17.2 Å². The fourth-order valence-corrected chi connectivity index (χ4v) is 1.66. The predicted octanol–water partition coefficient (Wildman–Crippen LogP) is 2.15. The van der Waals surface area contributed by atoms with Crippen LogP contribution in [0.1, 0.15) is 10.6 Å². The number of halogens is 1. The number of methoxy groups -OCH3 is 1. The maximum atomic E-state index is 11.7. The van der Waals surface area contributed by atoms with Gasteiger partial charge in [0.1, 0.15) is 0 Å². The Balaban J connectivity index is 2.91. The number of hydrogen-bond acceptors (Lipinski definition) is 4. The van der Waals surface area contributed by atoms with E-state index in [4.69, 9.17) is 25.9 Å². The normalized spacial score (nSPS) is 10.5. The van der Waals surface area contributed by atoms with Crippen LogP contribution in [0.3, 0.4) is 0 Å². The minimum Gasteiger partial charge on any atom is -0.493 e. The van der Waals surface area contributed by atoms with E-state index in [1.54, 1.807) is 0 Å². The number of fused-ring (bicyclic) bond motifs is 1. The Kier molecular flexibility index (Phi) is 2.77. The van der Waals surface area contributed by atoms with Crippen LogP contribution in [0.5, 0.6) is 5.75 Å². The first-order valence-corrected chi connectivity index (χ1v) is 4.95. The molecule has 0 aliphatic carbocycles. The summed E-state index contributed by atoms with van der Waals surface area (Å²) in [6.07, 6.45) is 0. The average molecular weight is 255 g/mol. The van der Waals surface area contributed by atoms with Gasteiger partial charge in [0.25, 0.3) is 0 Å². The fraction of sp³-hybridized carbons (Fsp3) is 0.0909. The Labute approximate surface area is 100 Å². The molecule has 0 saturated carbocycles. The summed E-state index contributed by atoms with van der Waals surface area (Å²) in [6, 6.07) is 3.75. The minimum atomic E-state index is -1.32. The topological polar surface area (TPSA) is 76.7 Å². The molecule has 1 heterocycles. The summed E-state index contributed by atoms with van der Waals surface area (Å²) in [6.45, 7) is 0. The molecule has 2 aromatic rings. The number of benzene rings is 1. The number of carboxylic acid groups (broad SMARTS) is 1. The Morgan fingerprint density at radius 2 is 2.12 bits per heavy atom. The molecule has 0 radical (unpaired) electrons. The number of aromatic carboxylic acids is 1. The molecule has 17 heavy (non-hydrogen) atoms. The Hall–Kier alpha value is -2.01.